The fraction of sp³-hybridized carbons (Fsp3) is 0.364. The molecule has 0 aromatic heterocycles. The predicted octanol–water partition coefficient (Wildman–Crippen LogP) is 0.654. The molecule has 1 saturated heterocycles. The number of carbonyl (C=O) groups is 1. The number of hydrogen-bond donors (Lipinski definition) is 1. The second-order valence-corrected chi connectivity index (χ2v) is 3.60. The first-order valence-electron chi connectivity index (χ1n) is 4.82. The van der Waals surface area contributed by atoms with Crippen LogP contribution in [0, 0.1) is 0 Å². The molecular weight excluding hydrogens is 194 g/mol. The molecule has 4 nitrogen and oxygen atoms in total. The van der Waals surface area contributed by atoms with E-state index >= 15 is 0 Å². The number of β-amino-alcohol motifs (C(OH)–C–C–N with tert-alkyl or cyclic N) is 1. The van der Waals surface area contributed by atoms with Gasteiger partial charge in [0.05, 0.1) is 18.8 Å². The largest absolute Gasteiger partial charge is 0.465 e. The normalized spacial score (nSPS) is 16.0. The highest BCUT2D eigenvalue weighted by molar-refractivity contribution is 5.89. The summed E-state index contributed by atoms with van der Waals surface area (Å²) >= 11 is 0. The Hall–Kier alpha value is -1.55. The first-order chi connectivity index (χ1) is 7.20. The summed E-state index contributed by atoms with van der Waals surface area (Å²) < 4.78 is 4.60. The van der Waals surface area contributed by atoms with E-state index in [1.807, 2.05) is 17.0 Å². The minimum atomic E-state index is -0.329. The molecular formula is C11H13NO3. The Morgan fingerprint density at radius 1 is 1.40 bits per heavy atom. The number of carbonyl (C=O) groups excluding carboxylic acids is 1. The van der Waals surface area contributed by atoms with Gasteiger partial charge in [0.25, 0.3) is 0 Å². The van der Waals surface area contributed by atoms with Crippen LogP contribution in [-0.4, -0.2) is 37.4 Å². The Labute approximate surface area is 88.1 Å². The number of hydrogen-bond acceptors (Lipinski definition) is 4. The van der Waals surface area contributed by atoms with Crippen molar-refractivity contribution in [1.82, 2.24) is 0 Å². The second kappa shape index (κ2) is 3.90. The minimum Gasteiger partial charge on any atom is -0.465 e. The summed E-state index contributed by atoms with van der Waals surface area (Å²) in [6.07, 6.45) is -0.217. The van der Waals surface area contributed by atoms with Crippen LogP contribution in [0.15, 0.2) is 24.3 Å². The molecule has 0 atom stereocenters. The second-order valence-electron chi connectivity index (χ2n) is 3.60. The molecule has 2 rings (SSSR count). The number of ether oxygens (including phenoxy) is 1. The third-order valence-corrected chi connectivity index (χ3v) is 2.52. The van der Waals surface area contributed by atoms with E-state index < -0.39 is 0 Å². The number of rotatable bonds is 2. The third-order valence-electron chi connectivity index (χ3n) is 2.52. The van der Waals surface area contributed by atoms with Gasteiger partial charge in [-0.2, -0.15) is 0 Å². The molecule has 4 heteroatoms. The molecule has 0 saturated carbocycles. The standard InChI is InChI=1S/C11H13NO3/c1-15-11(14)8-2-4-9(5-3-8)12-6-10(13)7-12/h2-5,10,13H,6-7H2,1H3. The van der Waals surface area contributed by atoms with E-state index in [1.54, 1.807) is 12.1 Å². The van der Waals surface area contributed by atoms with Crippen molar-refractivity contribution in [3.63, 3.8) is 0 Å². The van der Waals surface area contributed by atoms with E-state index in [2.05, 4.69) is 4.74 Å². The summed E-state index contributed by atoms with van der Waals surface area (Å²) in [5.41, 5.74) is 1.57. The summed E-state index contributed by atoms with van der Waals surface area (Å²) in [6.45, 7) is 1.33. The van der Waals surface area contributed by atoms with Gasteiger partial charge in [-0.05, 0) is 24.3 Å². The lowest BCUT2D eigenvalue weighted by Gasteiger charge is -2.37. The highest BCUT2D eigenvalue weighted by Crippen LogP contribution is 2.21. The van der Waals surface area contributed by atoms with Gasteiger partial charge < -0.3 is 14.7 Å². The van der Waals surface area contributed by atoms with Crippen molar-refractivity contribution in [2.75, 3.05) is 25.1 Å². The molecule has 1 aliphatic rings. The van der Waals surface area contributed by atoms with Crippen LogP contribution in [0.1, 0.15) is 10.4 Å². The molecule has 0 spiro atoms. The number of anilines is 1. The highest BCUT2D eigenvalue weighted by Gasteiger charge is 2.24. The van der Waals surface area contributed by atoms with Crippen molar-refractivity contribution in [1.29, 1.82) is 0 Å². The Morgan fingerprint density at radius 2 is 2.00 bits per heavy atom. The molecule has 15 heavy (non-hydrogen) atoms. The molecule has 0 aliphatic carbocycles. The van der Waals surface area contributed by atoms with Crippen LogP contribution in [-0.2, 0) is 4.74 Å². The SMILES string of the molecule is COC(=O)c1ccc(N2CC(O)C2)cc1. The van der Waals surface area contributed by atoms with E-state index in [1.165, 1.54) is 7.11 Å². The summed E-state index contributed by atoms with van der Waals surface area (Å²) in [5.74, 6) is -0.329. The number of benzene rings is 1. The quantitative estimate of drug-likeness (QED) is 0.723. The third kappa shape index (κ3) is 1.94. The summed E-state index contributed by atoms with van der Waals surface area (Å²) in [7, 11) is 1.36. The van der Waals surface area contributed by atoms with Crippen molar-refractivity contribution < 1.29 is 14.6 Å². The van der Waals surface area contributed by atoms with Crippen molar-refractivity contribution in [3.05, 3.63) is 29.8 Å². The number of methoxy groups -OCH3 is 1. The maximum Gasteiger partial charge on any atom is 0.337 e. The van der Waals surface area contributed by atoms with Crippen molar-refractivity contribution in [2.24, 2.45) is 0 Å². The molecule has 0 radical (unpaired) electrons. The van der Waals surface area contributed by atoms with Gasteiger partial charge in [0, 0.05) is 18.8 Å². The van der Waals surface area contributed by atoms with Crippen molar-refractivity contribution in [2.45, 2.75) is 6.10 Å². The van der Waals surface area contributed by atoms with Gasteiger partial charge in [0.1, 0.15) is 0 Å². The van der Waals surface area contributed by atoms with E-state index in [4.69, 9.17) is 5.11 Å². The molecule has 1 aromatic rings. The van der Waals surface area contributed by atoms with Crippen LogP contribution in [0.2, 0.25) is 0 Å². The predicted molar refractivity (Wildman–Crippen MR) is 56.0 cm³/mol. The Balaban J connectivity index is 2.07. The van der Waals surface area contributed by atoms with E-state index in [0.29, 0.717) is 18.7 Å². The molecule has 1 aromatic carbocycles. The van der Waals surface area contributed by atoms with Crippen molar-refractivity contribution in [3.8, 4) is 0 Å². The van der Waals surface area contributed by atoms with E-state index in [9.17, 15) is 4.79 Å². The molecule has 0 unspecified atom stereocenters. The van der Waals surface area contributed by atoms with Gasteiger partial charge in [0.15, 0.2) is 0 Å². The van der Waals surface area contributed by atoms with Crippen LogP contribution >= 0.6 is 0 Å². The molecule has 1 aliphatic heterocycles. The molecule has 0 amide bonds. The summed E-state index contributed by atoms with van der Waals surface area (Å²) in [5, 5.41) is 9.14. The number of aliphatic hydroxyl groups is 1. The molecule has 1 N–H and O–H groups in total. The average Bonchev–Trinajstić information content (AvgIpc) is 2.24. The van der Waals surface area contributed by atoms with Crippen LogP contribution in [0.25, 0.3) is 0 Å². The summed E-state index contributed by atoms with van der Waals surface area (Å²) in [6, 6.07) is 7.17. The fourth-order valence-corrected chi connectivity index (χ4v) is 1.59. The first-order valence-corrected chi connectivity index (χ1v) is 4.82. The summed E-state index contributed by atoms with van der Waals surface area (Å²) in [4.78, 5) is 13.2. The lowest BCUT2D eigenvalue weighted by atomic mass is 10.1. The molecule has 80 valence electrons. The van der Waals surface area contributed by atoms with Crippen LogP contribution in [0.5, 0.6) is 0 Å². The van der Waals surface area contributed by atoms with E-state index in [-0.39, 0.29) is 12.1 Å². The average molecular weight is 207 g/mol. The van der Waals surface area contributed by atoms with Gasteiger partial charge in [-0.3, -0.25) is 0 Å². The maximum atomic E-state index is 11.2. The zero-order valence-electron chi connectivity index (χ0n) is 8.51. The lowest BCUT2D eigenvalue weighted by Crippen LogP contribution is -2.50. The Bertz CT molecular complexity index is 355. The monoisotopic (exact) mass is 207 g/mol. The van der Waals surface area contributed by atoms with Gasteiger partial charge in [0.2, 0.25) is 0 Å². The molecule has 0 bridgehead atoms. The van der Waals surface area contributed by atoms with E-state index in [0.717, 1.165) is 5.69 Å². The fourth-order valence-electron chi connectivity index (χ4n) is 1.59. The highest BCUT2D eigenvalue weighted by atomic mass is 16.5. The number of esters is 1. The minimum absolute atomic E-state index is 0.217. The van der Waals surface area contributed by atoms with Gasteiger partial charge in [-0.15, -0.1) is 0 Å². The molecule has 1 fully saturated rings. The van der Waals surface area contributed by atoms with Gasteiger partial charge >= 0.3 is 5.97 Å². The number of aliphatic hydroxyl groups excluding tert-OH is 1. The Morgan fingerprint density at radius 3 is 2.47 bits per heavy atom. The van der Waals surface area contributed by atoms with Gasteiger partial charge in [-0.1, -0.05) is 0 Å². The topological polar surface area (TPSA) is 49.8 Å². The first kappa shape index (κ1) is 9.98. The van der Waals surface area contributed by atoms with Crippen LogP contribution < -0.4 is 4.90 Å². The van der Waals surface area contributed by atoms with Crippen LogP contribution in [0.3, 0.4) is 0 Å². The van der Waals surface area contributed by atoms with Gasteiger partial charge in [-0.25, -0.2) is 4.79 Å². The smallest absolute Gasteiger partial charge is 0.337 e. The van der Waals surface area contributed by atoms with Crippen molar-refractivity contribution >= 4 is 11.7 Å². The lowest BCUT2D eigenvalue weighted by molar-refractivity contribution is 0.0600. The zero-order chi connectivity index (χ0) is 10.8. The maximum absolute atomic E-state index is 11.2. The number of nitrogens with zero attached hydrogens (tertiary/aromatic N) is 1. The molecule has 1 heterocycles. The zero-order valence-corrected chi connectivity index (χ0v) is 8.51. The Kier molecular flexibility index (Phi) is 2.60. The van der Waals surface area contributed by atoms with Crippen LogP contribution in [0.4, 0.5) is 5.69 Å².